The van der Waals surface area contributed by atoms with Gasteiger partial charge in [-0.3, -0.25) is 0 Å². The number of hydrogen-bond donors (Lipinski definition) is 1. The first-order chi connectivity index (χ1) is 9.47. The Balaban J connectivity index is 2.13. The second-order valence-corrected chi connectivity index (χ2v) is 4.81. The molecule has 0 aliphatic rings. The predicted octanol–water partition coefficient (Wildman–Crippen LogP) is 3.49. The molecule has 2 nitrogen and oxygen atoms in total. The minimum absolute atomic E-state index is 0.00461. The Labute approximate surface area is 121 Å². The molecule has 0 aliphatic carbocycles. The molecule has 2 N–H and O–H groups in total. The molecule has 0 fully saturated rings. The molecule has 0 amide bonds. The first kappa shape index (κ1) is 14.4. The Morgan fingerprint density at radius 1 is 1.20 bits per heavy atom. The molecule has 0 aromatic heterocycles. The van der Waals surface area contributed by atoms with Crippen LogP contribution in [0.25, 0.3) is 0 Å². The largest absolute Gasteiger partial charge is 0.489 e. The number of rotatable bonds is 4. The van der Waals surface area contributed by atoms with Crippen LogP contribution in [0.2, 0.25) is 0 Å². The first-order valence-corrected chi connectivity index (χ1v) is 6.35. The summed E-state index contributed by atoms with van der Waals surface area (Å²) in [4.78, 5) is -0.00461. The van der Waals surface area contributed by atoms with Crippen molar-refractivity contribution in [2.45, 2.75) is 13.5 Å². The average Bonchev–Trinajstić information content (AvgIpc) is 2.39. The van der Waals surface area contributed by atoms with Crippen LogP contribution in [0.4, 0.5) is 8.78 Å². The van der Waals surface area contributed by atoms with Crippen LogP contribution in [0.1, 0.15) is 16.7 Å². The lowest BCUT2D eigenvalue weighted by Gasteiger charge is -2.10. The molecule has 0 heterocycles. The van der Waals surface area contributed by atoms with Gasteiger partial charge in [0, 0.05) is 11.6 Å². The topological polar surface area (TPSA) is 35.2 Å². The van der Waals surface area contributed by atoms with Crippen LogP contribution in [0.15, 0.2) is 36.4 Å². The van der Waals surface area contributed by atoms with Gasteiger partial charge in [0.25, 0.3) is 0 Å². The SMILES string of the molecule is Cc1ccc(F)cc1COc1ccc(C(N)=S)c(F)c1. The molecule has 2 aromatic carbocycles. The van der Waals surface area contributed by atoms with Crippen LogP contribution in [-0.4, -0.2) is 4.99 Å². The van der Waals surface area contributed by atoms with Crippen molar-refractivity contribution in [3.8, 4) is 5.75 Å². The van der Waals surface area contributed by atoms with E-state index in [-0.39, 0.29) is 23.0 Å². The molecule has 0 radical (unpaired) electrons. The molecular formula is C15H13F2NOS. The molecule has 20 heavy (non-hydrogen) atoms. The van der Waals surface area contributed by atoms with E-state index < -0.39 is 5.82 Å². The predicted molar refractivity (Wildman–Crippen MR) is 77.8 cm³/mol. The third-order valence-electron chi connectivity index (χ3n) is 2.91. The highest BCUT2D eigenvalue weighted by atomic mass is 32.1. The van der Waals surface area contributed by atoms with E-state index in [0.717, 1.165) is 5.56 Å². The molecule has 0 spiro atoms. The van der Waals surface area contributed by atoms with E-state index in [0.29, 0.717) is 11.3 Å². The van der Waals surface area contributed by atoms with Crippen LogP contribution in [-0.2, 0) is 6.61 Å². The fourth-order valence-electron chi connectivity index (χ4n) is 1.74. The molecule has 2 rings (SSSR count). The number of nitrogens with two attached hydrogens (primary N) is 1. The number of thiocarbonyl (C=S) groups is 1. The third-order valence-corrected chi connectivity index (χ3v) is 3.13. The van der Waals surface area contributed by atoms with Crippen molar-refractivity contribution in [2.24, 2.45) is 5.73 Å². The van der Waals surface area contributed by atoms with Crippen molar-refractivity contribution >= 4 is 17.2 Å². The second kappa shape index (κ2) is 5.96. The Kier molecular flexibility index (Phi) is 4.29. The summed E-state index contributed by atoms with van der Waals surface area (Å²) < 4.78 is 32.3. The molecule has 0 aliphatic heterocycles. The van der Waals surface area contributed by atoms with Gasteiger partial charge in [0.1, 0.15) is 29.0 Å². The van der Waals surface area contributed by atoms with Crippen LogP contribution in [0, 0.1) is 18.6 Å². The number of hydrogen-bond acceptors (Lipinski definition) is 2. The highest BCUT2D eigenvalue weighted by molar-refractivity contribution is 7.80. The van der Waals surface area contributed by atoms with Gasteiger partial charge in [0.15, 0.2) is 0 Å². The fourth-order valence-corrected chi connectivity index (χ4v) is 1.91. The second-order valence-electron chi connectivity index (χ2n) is 4.37. The number of aryl methyl sites for hydroxylation is 1. The summed E-state index contributed by atoms with van der Waals surface area (Å²) in [5, 5.41) is 0. The van der Waals surface area contributed by atoms with E-state index in [2.05, 4.69) is 0 Å². The maximum Gasteiger partial charge on any atom is 0.137 e. The Bertz CT molecular complexity index is 658. The van der Waals surface area contributed by atoms with Crippen LogP contribution >= 0.6 is 12.2 Å². The zero-order chi connectivity index (χ0) is 14.7. The monoisotopic (exact) mass is 293 g/mol. The van der Waals surface area contributed by atoms with Gasteiger partial charge in [0.05, 0.1) is 0 Å². The summed E-state index contributed by atoms with van der Waals surface area (Å²) in [6.45, 7) is 2.02. The van der Waals surface area contributed by atoms with Crippen molar-refractivity contribution in [1.82, 2.24) is 0 Å². The molecule has 0 saturated heterocycles. The van der Waals surface area contributed by atoms with Crippen LogP contribution < -0.4 is 10.5 Å². The summed E-state index contributed by atoms with van der Waals surface area (Å²) >= 11 is 4.72. The average molecular weight is 293 g/mol. The van der Waals surface area contributed by atoms with Crippen LogP contribution in [0.3, 0.4) is 0 Å². The highest BCUT2D eigenvalue weighted by Crippen LogP contribution is 2.19. The molecular weight excluding hydrogens is 280 g/mol. The molecule has 0 bridgehead atoms. The van der Waals surface area contributed by atoms with Crippen molar-refractivity contribution in [3.05, 3.63) is 64.7 Å². The van der Waals surface area contributed by atoms with Gasteiger partial charge < -0.3 is 10.5 Å². The van der Waals surface area contributed by atoms with Gasteiger partial charge in [-0.05, 0) is 42.3 Å². The standard InChI is InChI=1S/C15H13F2NOS/c1-9-2-3-11(16)6-10(9)8-19-12-4-5-13(15(18)20)14(17)7-12/h2-7H,8H2,1H3,(H2,18,20). The van der Waals surface area contributed by atoms with Gasteiger partial charge in [-0.2, -0.15) is 0 Å². The van der Waals surface area contributed by atoms with Gasteiger partial charge in [0.2, 0.25) is 0 Å². The molecule has 5 heteroatoms. The number of benzene rings is 2. The van der Waals surface area contributed by atoms with Crippen LogP contribution in [0.5, 0.6) is 5.75 Å². The summed E-state index contributed by atoms with van der Waals surface area (Å²) in [6, 6.07) is 8.70. The summed E-state index contributed by atoms with van der Waals surface area (Å²) in [5.41, 5.74) is 7.17. The van der Waals surface area contributed by atoms with E-state index in [1.165, 1.54) is 24.3 Å². The van der Waals surface area contributed by atoms with E-state index in [4.69, 9.17) is 22.7 Å². The van der Waals surface area contributed by atoms with Crippen molar-refractivity contribution < 1.29 is 13.5 Å². The number of ether oxygens (including phenoxy) is 1. The van der Waals surface area contributed by atoms with Crippen molar-refractivity contribution in [1.29, 1.82) is 0 Å². The van der Waals surface area contributed by atoms with E-state index in [1.807, 2.05) is 6.92 Å². The minimum Gasteiger partial charge on any atom is -0.489 e. The Hall–Kier alpha value is -2.01. The summed E-state index contributed by atoms with van der Waals surface area (Å²) in [5.74, 6) is -0.527. The van der Waals surface area contributed by atoms with Gasteiger partial charge in [-0.25, -0.2) is 8.78 Å². The lowest BCUT2D eigenvalue weighted by atomic mass is 10.1. The van der Waals surface area contributed by atoms with E-state index in [1.54, 1.807) is 12.1 Å². The van der Waals surface area contributed by atoms with Gasteiger partial charge >= 0.3 is 0 Å². The van der Waals surface area contributed by atoms with Gasteiger partial charge in [-0.1, -0.05) is 18.3 Å². The molecule has 0 unspecified atom stereocenters. The van der Waals surface area contributed by atoms with Crippen molar-refractivity contribution in [3.63, 3.8) is 0 Å². The lowest BCUT2D eigenvalue weighted by Crippen LogP contribution is -2.11. The number of halogens is 2. The van der Waals surface area contributed by atoms with Gasteiger partial charge in [-0.15, -0.1) is 0 Å². The summed E-state index contributed by atoms with van der Waals surface area (Å²) in [7, 11) is 0. The maximum atomic E-state index is 13.7. The minimum atomic E-state index is -0.536. The Morgan fingerprint density at radius 3 is 2.60 bits per heavy atom. The highest BCUT2D eigenvalue weighted by Gasteiger charge is 2.07. The molecule has 2 aromatic rings. The zero-order valence-electron chi connectivity index (χ0n) is 10.8. The molecule has 104 valence electrons. The quantitative estimate of drug-likeness (QED) is 0.877. The van der Waals surface area contributed by atoms with Crippen molar-refractivity contribution in [2.75, 3.05) is 0 Å². The summed E-state index contributed by atoms with van der Waals surface area (Å²) in [6.07, 6.45) is 0. The maximum absolute atomic E-state index is 13.7. The lowest BCUT2D eigenvalue weighted by molar-refractivity contribution is 0.303. The zero-order valence-corrected chi connectivity index (χ0v) is 11.6. The normalized spacial score (nSPS) is 10.3. The Morgan fingerprint density at radius 2 is 1.95 bits per heavy atom. The smallest absolute Gasteiger partial charge is 0.137 e. The van der Waals surface area contributed by atoms with E-state index in [9.17, 15) is 8.78 Å². The third kappa shape index (κ3) is 3.30. The van der Waals surface area contributed by atoms with E-state index >= 15 is 0 Å². The molecule has 0 saturated carbocycles. The fraction of sp³-hybridized carbons (Fsp3) is 0.133. The first-order valence-electron chi connectivity index (χ1n) is 5.94. The molecule has 0 atom stereocenters.